The van der Waals surface area contributed by atoms with Crippen molar-refractivity contribution in [1.82, 2.24) is 10.1 Å². The van der Waals surface area contributed by atoms with Crippen LogP contribution in [0.15, 0.2) is 16.2 Å². The number of carbonyl (C=O) groups excluding carboxylic acids is 1. The molecule has 30 heavy (non-hydrogen) atoms. The molecule has 0 aromatic carbocycles. The van der Waals surface area contributed by atoms with E-state index in [1.807, 2.05) is 0 Å². The third kappa shape index (κ3) is 3.51. The van der Waals surface area contributed by atoms with Crippen LogP contribution in [0.3, 0.4) is 0 Å². The van der Waals surface area contributed by atoms with Gasteiger partial charge in [-0.1, -0.05) is 11.2 Å². The van der Waals surface area contributed by atoms with Crippen LogP contribution in [0.4, 0.5) is 9.80 Å². The number of anilines is 1. The second kappa shape index (κ2) is 7.54. The summed E-state index contributed by atoms with van der Waals surface area (Å²) in [5, 5.41) is 22.3. The number of nitrogens with zero attached hydrogens (tertiary/aromatic N) is 2. The first-order valence-corrected chi connectivity index (χ1v) is 11.3. The molecule has 1 amide bonds. The summed E-state index contributed by atoms with van der Waals surface area (Å²) in [6.07, 6.45) is 9.27. The monoisotopic (exact) mass is 429 g/mol. The van der Waals surface area contributed by atoms with E-state index in [0.29, 0.717) is 23.6 Å². The number of rotatable bonds is 4. The van der Waals surface area contributed by atoms with Gasteiger partial charge in [-0.05, 0) is 68.8 Å². The highest BCUT2D eigenvalue weighted by Crippen LogP contribution is 2.61. The number of allylic oxidation sites excluding steroid dienone is 1. The number of amides is 1. The minimum absolute atomic E-state index is 0.0398. The van der Waals surface area contributed by atoms with E-state index >= 15 is 0 Å². The lowest BCUT2D eigenvalue weighted by Gasteiger charge is -2.11. The Morgan fingerprint density at radius 2 is 1.87 bits per heavy atom. The maximum atomic E-state index is 12.7. The standard InChI is InChI=1S/C20H21N3O2S.CH2O3/c24-18(11-3-1-2-4-11)22-20-15(19-21-17(23-25-19)10-5-6-10)14-12-7-8-13(9-12)16(14)26-20;2-1(3)4/h3,10,12-13H,1-2,4-9H2,(H,22,24);(H2,2,3,4). The number of aromatic nitrogens is 2. The Labute approximate surface area is 177 Å². The Morgan fingerprint density at radius 3 is 2.57 bits per heavy atom. The number of fused-ring (bicyclic) bond motifs is 5. The fraction of sp³-hybridized carbons (Fsp3) is 0.524. The smallest absolute Gasteiger partial charge is 0.450 e. The van der Waals surface area contributed by atoms with Crippen LogP contribution in [0.2, 0.25) is 0 Å². The average molecular weight is 429 g/mol. The van der Waals surface area contributed by atoms with Gasteiger partial charge < -0.3 is 20.1 Å². The summed E-state index contributed by atoms with van der Waals surface area (Å²) >= 11 is 1.74. The first-order chi connectivity index (χ1) is 14.5. The molecule has 2 fully saturated rings. The first-order valence-electron chi connectivity index (χ1n) is 10.4. The topological polar surface area (TPSA) is 126 Å². The van der Waals surface area contributed by atoms with Crippen LogP contribution in [-0.4, -0.2) is 32.4 Å². The van der Waals surface area contributed by atoms with Crippen LogP contribution < -0.4 is 5.32 Å². The maximum absolute atomic E-state index is 12.7. The average Bonchev–Trinajstić information content (AvgIpc) is 3.24. The van der Waals surface area contributed by atoms with E-state index in [9.17, 15) is 4.79 Å². The zero-order valence-corrected chi connectivity index (χ0v) is 17.2. The van der Waals surface area contributed by atoms with Crippen molar-refractivity contribution in [2.45, 2.75) is 69.1 Å². The van der Waals surface area contributed by atoms with E-state index in [-0.39, 0.29) is 5.91 Å². The molecule has 9 heteroatoms. The third-order valence-electron chi connectivity index (χ3n) is 6.34. The van der Waals surface area contributed by atoms with Crippen molar-refractivity contribution >= 4 is 28.4 Å². The van der Waals surface area contributed by atoms with Crippen molar-refractivity contribution in [1.29, 1.82) is 0 Å². The van der Waals surface area contributed by atoms with E-state index in [1.54, 1.807) is 11.3 Å². The molecule has 2 bridgehead atoms. The fourth-order valence-corrected chi connectivity index (χ4v) is 6.28. The molecule has 2 heterocycles. The minimum atomic E-state index is -1.83. The molecule has 2 aromatic rings. The van der Waals surface area contributed by atoms with Gasteiger partial charge >= 0.3 is 6.16 Å². The lowest BCUT2D eigenvalue weighted by molar-refractivity contribution is -0.112. The SMILES string of the molecule is O=C(Nc1sc2c(c1-c1nc(C3CC3)no1)C1CCC2C1)C1=CCCC1.O=C(O)O. The Kier molecular flexibility index (Phi) is 4.85. The molecule has 6 rings (SSSR count). The van der Waals surface area contributed by atoms with E-state index in [0.717, 1.165) is 54.1 Å². The van der Waals surface area contributed by atoms with Crippen LogP contribution in [0.25, 0.3) is 11.5 Å². The molecule has 2 atom stereocenters. The zero-order valence-electron chi connectivity index (χ0n) is 16.4. The fourth-order valence-electron chi connectivity index (χ4n) is 4.86. The van der Waals surface area contributed by atoms with E-state index in [2.05, 4.69) is 16.5 Å². The molecule has 4 aliphatic carbocycles. The summed E-state index contributed by atoms with van der Waals surface area (Å²) in [7, 11) is 0. The molecule has 3 N–H and O–H groups in total. The Balaban J connectivity index is 0.000000446. The van der Waals surface area contributed by atoms with Crippen molar-refractivity contribution in [2.24, 2.45) is 0 Å². The minimum Gasteiger partial charge on any atom is -0.450 e. The molecule has 2 unspecified atom stereocenters. The molecule has 158 valence electrons. The number of carboxylic acid groups (broad SMARTS) is 2. The van der Waals surface area contributed by atoms with Gasteiger partial charge in [0.05, 0.1) is 5.56 Å². The van der Waals surface area contributed by atoms with Crippen LogP contribution in [0.1, 0.15) is 85.4 Å². The van der Waals surface area contributed by atoms with Gasteiger partial charge in [0, 0.05) is 16.4 Å². The summed E-state index contributed by atoms with van der Waals surface area (Å²) in [4.78, 5) is 27.4. The molecule has 2 saturated carbocycles. The van der Waals surface area contributed by atoms with Crippen molar-refractivity contribution in [3.05, 3.63) is 27.9 Å². The number of hydrogen-bond acceptors (Lipinski definition) is 6. The van der Waals surface area contributed by atoms with Gasteiger partial charge in [-0.3, -0.25) is 4.79 Å². The molecule has 0 saturated heterocycles. The lowest BCUT2D eigenvalue weighted by atomic mass is 9.94. The molecule has 0 aliphatic heterocycles. The molecule has 4 aliphatic rings. The Bertz CT molecular complexity index is 1030. The molecule has 0 radical (unpaired) electrons. The van der Waals surface area contributed by atoms with Gasteiger partial charge in [0.15, 0.2) is 5.82 Å². The Morgan fingerprint density at radius 1 is 1.13 bits per heavy atom. The van der Waals surface area contributed by atoms with Gasteiger partial charge in [0.25, 0.3) is 11.8 Å². The number of thiophene rings is 1. The second-order valence-electron chi connectivity index (χ2n) is 8.38. The largest absolute Gasteiger partial charge is 0.503 e. The van der Waals surface area contributed by atoms with E-state index in [4.69, 9.17) is 24.5 Å². The highest BCUT2D eigenvalue weighted by atomic mass is 32.1. The molecule has 8 nitrogen and oxygen atoms in total. The van der Waals surface area contributed by atoms with Gasteiger partial charge in [0.2, 0.25) is 0 Å². The van der Waals surface area contributed by atoms with Crippen molar-refractivity contribution in [3.8, 4) is 11.5 Å². The zero-order chi connectivity index (χ0) is 20.8. The Hall–Kier alpha value is -2.68. The predicted octanol–water partition coefficient (Wildman–Crippen LogP) is 5.31. The van der Waals surface area contributed by atoms with Gasteiger partial charge in [-0.2, -0.15) is 4.98 Å². The molecular weight excluding hydrogens is 406 g/mol. The predicted molar refractivity (Wildman–Crippen MR) is 110 cm³/mol. The third-order valence-corrected chi connectivity index (χ3v) is 7.63. The summed E-state index contributed by atoms with van der Waals surface area (Å²) in [5.74, 6) is 3.19. The normalized spacial score (nSPS) is 23.5. The van der Waals surface area contributed by atoms with Crippen LogP contribution >= 0.6 is 11.3 Å². The molecular formula is C21H23N3O5S. The van der Waals surface area contributed by atoms with Crippen LogP contribution in [-0.2, 0) is 4.79 Å². The summed E-state index contributed by atoms with van der Waals surface area (Å²) in [5.41, 5.74) is 3.31. The highest BCUT2D eigenvalue weighted by Gasteiger charge is 2.43. The summed E-state index contributed by atoms with van der Waals surface area (Å²) in [6, 6.07) is 0. The van der Waals surface area contributed by atoms with Crippen molar-refractivity contribution in [3.63, 3.8) is 0 Å². The molecule has 0 spiro atoms. The number of carbonyl (C=O) groups is 2. The highest BCUT2D eigenvalue weighted by molar-refractivity contribution is 7.17. The van der Waals surface area contributed by atoms with Crippen LogP contribution in [0.5, 0.6) is 0 Å². The van der Waals surface area contributed by atoms with Gasteiger partial charge in [-0.15, -0.1) is 11.3 Å². The lowest BCUT2D eigenvalue weighted by Crippen LogP contribution is -2.13. The molecule has 2 aromatic heterocycles. The maximum Gasteiger partial charge on any atom is 0.503 e. The van der Waals surface area contributed by atoms with Gasteiger partial charge in [-0.25, -0.2) is 4.79 Å². The van der Waals surface area contributed by atoms with Gasteiger partial charge in [0.1, 0.15) is 5.00 Å². The van der Waals surface area contributed by atoms with E-state index in [1.165, 1.54) is 29.7 Å². The quantitative estimate of drug-likeness (QED) is 0.601. The summed E-state index contributed by atoms with van der Waals surface area (Å²) < 4.78 is 5.67. The van der Waals surface area contributed by atoms with Crippen molar-refractivity contribution < 1.29 is 24.3 Å². The second-order valence-corrected chi connectivity index (χ2v) is 9.43. The first kappa shape index (κ1) is 19.3. The summed E-state index contributed by atoms with van der Waals surface area (Å²) in [6.45, 7) is 0. The van der Waals surface area contributed by atoms with Crippen LogP contribution in [0, 0.1) is 0 Å². The van der Waals surface area contributed by atoms with E-state index < -0.39 is 6.16 Å². The number of hydrogen-bond donors (Lipinski definition) is 3. The van der Waals surface area contributed by atoms with Crippen molar-refractivity contribution in [2.75, 3.05) is 5.32 Å². The number of nitrogens with one attached hydrogen (secondary N) is 1.